The minimum atomic E-state index is -1.51. The Hall–Kier alpha value is -3.87. The molecule has 0 unspecified atom stereocenters. The van der Waals surface area contributed by atoms with E-state index in [-0.39, 0.29) is 5.91 Å². The highest BCUT2D eigenvalue weighted by Crippen LogP contribution is 2.48. The lowest BCUT2D eigenvalue weighted by atomic mass is 9.92. The van der Waals surface area contributed by atoms with Crippen molar-refractivity contribution in [1.29, 1.82) is 0 Å². The summed E-state index contributed by atoms with van der Waals surface area (Å²) < 4.78 is 18.8. The number of halogens is 1. The van der Waals surface area contributed by atoms with Gasteiger partial charge in [0, 0.05) is 23.0 Å². The Balaban J connectivity index is 1.79. The van der Waals surface area contributed by atoms with E-state index in [4.69, 9.17) is 4.74 Å². The van der Waals surface area contributed by atoms with Crippen LogP contribution in [0.5, 0.6) is 5.75 Å². The maximum absolute atomic E-state index is 13.5. The number of ether oxygens (including phenoxy) is 1. The average Bonchev–Trinajstić information content (AvgIpc) is 3.00. The van der Waals surface area contributed by atoms with E-state index >= 15 is 0 Å². The van der Waals surface area contributed by atoms with E-state index in [1.165, 1.54) is 36.3 Å². The minimum Gasteiger partial charge on any atom is -0.497 e. The Kier molecular flexibility index (Phi) is 3.61. The number of carbonyl (C=O) groups excluding carboxylic acids is 2. The fraction of sp³-hybridized carbons (Fsp3) is 0.0909. The van der Waals surface area contributed by atoms with Crippen molar-refractivity contribution in [1.82, 2.24) is 0 Å². The van der Waals surface area contributed by atoms with Gasteiger partial charge in [-0.15, -0.1) is 0 Å². The summed E-state index contributed by atoms with van der Waals surface area (Å²) in [5.74, 6) is -0.615. The molecule has 0 saturated carbocycles. The molecule has 3 aromatic carbocycles. The predicted molar refractivity (Wildman–Crippen MR) is 107 cm³/mol. The fourth-order valence-electron chi connectivity index (χ4n) is 3.95. The molecule has 2 heterocycles. The smallest absolute Gasteiger partial charge is 0.276 e. The van der Waals surface area contributed by atoms with Crippen molar-refractivity contribution in [2.75, 3.05) is 22.6 Å². The van der Waals surface area contributed by atoms with Crippen molar-refractivity contribution in [3.63, 3.8) is 0 Å². The van der Waals surface area contributed by atoms with Gasteiger partial charge in [0.25, 0.3) is 11.8 Å². The number of hydrogen-bond acceptors (Lipinski definition) is 4. The summed E-state index contributed by atoms with van der Waals surface area (Å²) in [4.78, 5) is 28.2. The molecule has 1 spiro atoms. The largest absolute Gasteiger partial charge is 0.497 e. The summed E-state index contributed by atoms with van der Waals surface area (Å²) >= 11 is 0. The van der Waals surface area contributed by atoms with Crippen LogP contribution in [-0.4, -0.2) is 18.9 Å². The Bertz CT molecular complexity index is 1160. The van der Waals surface area contributed by atoms with Crippen molar-refractivity contribution in [3.8, 4) is 5.75 Å². The van der Waals surface area contributed by atoms with Crippen molar-refractivity contribution in [2.45, 2.75) is 5.66 Å². The van der Waals surface area contributed by atoms with Crippen molar-refractivity contribution < 1.29 is 18.7 Å². The Morgan fingerprint density at radius 3 is 2.48 bits per heavy atom. The molecule has 2 aliphatic rings. The van der Waals surface area contributed by atoms with Crippen LogP contribution in [0.2, 0.25) is 0 Å². The lowest BCUT2D eigenvalue weighted by Gasteiger charge is -2.44. The van der Waals surface area contributed by atoms with Gasteiger partial charge in [-0.1, -0.05) is 12.1 Å². The molecule has 29 heavy (non-hydrogen) atoms. The Morgan fingerprint density at radius 2 is 1.72 bits per heavy atom. The van der Waals surface area contributed by atoms with E-state index in [1.54, 1.807) is 42.5 Å². The van der Waals surface area contributed by atoms with Crippen LogP contribution in [0.3, 0.4) is 0 Å². The van der Waals surface area contributed by atoms with Crippen LogP contribution >= 0.6 is 0 Å². The average molecular weight is 389 g/mol. The number of nitrogens with one attached hydrogen (secondary N) is 2. The Labute approximate surface area is 165 Å². The molecule has 5 rings (SSSR count). The summed E-state index contributed by atoms with van der Waals surface area (Å²) in [5.41, 5.74) is 0.992. The number of fused-ring (bicyclic) bond motifs is 3. The molecule has 144 valence electrons. The molecule has 0 aliphatic carbocycles. The second kappa shape index (κ2) is 6.07. The monoisotopic (exact) mass is 389 g/mol. The van der Waals surface area contributed by atoms with E-state index < -0.39 is 17.4 Å². The third-order valence-electron chi connectivity index (χ3n) is 5.29. The lowest BCUT2D eigenvalue weighted by Crippen LogP contribution is -2.61. The Morgan fingerprint density at radius 1 is 0.966 bits per heavy atom. The summed E-state index contributed by atoms with van der Waals surface area (Å²) in [6, 6.07) is 17.7. The van der Waals surface area contributed by atoms with E-state index in [2.05, 4.69) is 10.6 Å². The molecular formula is C22H16FN3O3. The number of hydrogen-bond donors (Lipinski definition) is 2. The molecule has 0 radical (unpaired) electrons. The zero-order chi connectivity index (χ0) is 20.2. The normalized spacial score (nSPS) is 19.4. The zero-order valence-electron chi connectivity index (χ0n) is 15.4. The molecular weight excluding hydrogens is 373 g/mol. The second-order valence-corrected chi connectivity index (χ2v) is 6.86. The van der Waals surface area contributed by atoms with E-state index in [9.17, 15) is 14.0 Å². The van der Waals surface area contributed by atoms with Crippen LogP contribution in [-0.2, 0) is 10.5 Å². The van der Waals surface area contributed by atoms with Gasteiger partial charge >= 0.3 is 0 Å². The molecule has 6 nitrogen and oxygen atoms in total. The number of rotatable bonds is 2. The summed E-state index contributed by atoms with van der Waals surface area (Å²) in [7, 11) is 1.54. The number of anilines is 3. The van der Waals surface area contributed by atoms with Crippen LogP contribution in [0.1, 0.15) is 15.9 Å². The number of carbonyl (C=O) groups is 2. The molecule has 3 aromatic rings. The van der Waals surface area contributed by atoms with Crippen molar-refractivity contribution >= 4 is 28.9 Å². The van der Waals surface area contributed by atoms with Gasteiger partial charge in [-0.05, 0) is 48.5 Å². The quantitative estimate of drug-likeness (QED) is 0.701. The maximum Gasteiger partial charge on any atom is 0.276 e. The molecule has 0 fully saturated rings. The maximum atomic E-state index is 13.5. The van der Waals surface area contributed by atoms with E-state index in [1.807, 2.05) is 0 Å². The first-order valence-electron chi connectivity index (χ1n) is 9.02. The number of benzene rings is 3. The zero-order valence-corrected chi connectivity index (χ0v) is 15.4. The van der Waals surface area contributed by atoms with Gasteiger partial charge in [0.15, 0.2) is 0 Å². The molecule has 0 aromatic heterocycles. The molecule has 0 saturated heterocycles. The molecule has 2 aliphatic heterocycles. The van der Waals surface area contributed by atoms with Crippen LogP contribution in [0.25, 0.3) is 0 Å². The molecule has 7 heteroatoms. The van der Waals surface area contributed by atoms with Gasteiger partial charge in [0.05, 0.1) is 18.4 Å². The standard InChI is InChI=1S/C22H16FN3O3/c1-29-15-10-11-17-19(12-15)24-21(28)22(17)25-18-5-3-2-4-16(18)20(27)26(22)14-8-6-13(23)7-9-14/h2-12,25H,1H3,(H,24,28)/t22-/m0/s1. The highest BCUT2D eigenvalue weighted by atomic mass is 19.1. The number of nitrogens with zero attached hydrogens (tertiary/aromatic N) is 1. The highest BCUT2D eigenvalue weighted by molar-refractivity contribution is 6.22. The van der Waals surface area contributed by atoms with Crippen LogP contribution in [0.15, 0.2) is 66.7 Å². The van der Waals surface area contributed by atoms with E-state index in [0.717, 1.165) is 0 Å². The van der Waals surface area contributed by atoms with E-state index in [0.29, 0.717) is 33.9 Å². The minimum absolute atomic E-state index is 0.357. The summed E-state index contributed by atoms with van der Waals surface area (Å²) in [5, 5.41) is 6.11. The molecule has 1 atom stereocenters. The second-order valence-electron chi connectivity index (χ2n) is 6.86. The molecule has 0 bridgehead atoms. The lowest BCUT2D eigenvalue weighted by molar-refractivity contribution is -0.119. The van der Waals surface area contributed by atoms with Crippen molar-refractivity contribution in [2.24, 2.45) is 0 Å². The first kappa shape index (κ1) is 17.2. The summed E-state index contributed by atoms with van der Waals surface area (Å²) in [6.45, 7) is 0. The van der Waals surface area contributed by atoms with Crippen LogP contribution < -0.4 is 20.3 Å². The molecule has 2 N–H and O–H groups in total. The first-order chi connectivity index (χ1) is 14.0. The first-order valence-corrected chi connectivity index (χ1v) is 9.02. The number of para-hydroxylation sites is 1. The third kappa shape index (κ3) is 2.34. The SMILES string of the molecule is COc1ccc2c(c1)NC(=O)[C@]21Nc2ccccc2C(=O)N1c1ccc(F)cc1. The van der Waals surface area contributed by atoms with Gasteiger partial charge in [0.2, 0.25) is 5.66 Å². The van der Waals surface area contributed by atoms with Gasteiger partial charge < -0.3 is 15.4 Å². The topological polar surface area (TPSA) is 70.7 Å². The number of methoxy groups -OCH3 is 1. The summed E-state index contributed by atoms with van der Waals surface area (Å²) in [6.07, 6.45) is 0. The van der Waals surface area contributed by atoms with Gasteiger partial charge in [-0.3, -0.25) is 14.5 Å². The highest BCUT2D eigenvalue weighted by Gasteiger charge is 2.57. The van der Waals surface area contributed by atoms with Crippen LogP contribution in [0, 0.1) is 5.82 Å². The molecule has 2 amide bonds. The predicted octanol–water partition coefficient (Wildman–Crippen LogP) is 3.71. The fourth-order valence-corrected chi connectivity index (χ4v) is 3.95. The van der Waals surface area contributed by atoms with Gasteiger partial charge in [0.1, 0.15) is 11.6 Å². The number of amides is 2. The van der Waals surface area contributed by atoms with Crippen LogP contribution in [0.4, 0.5) is 21.5 Å². The van der Waals surface area contributed by atoms with Gasteiger partial charge in [-0.2, -0.15) is 0 Å². The van der Waals surface area contributed by atoms with Crippen molar-refractivity contribution in [3.05, 3.63) is 83.7 Å². The van der Waals surface area contributed by atoms with Gasteiger partial charge in [-0.25, -0.2) is 4.39 Å². The third-order valence-corrected chi connectivity index (χ3v) is 5.29.